The molecule has 0 saturated carbocycles. The molecule has 0 aliphatic carbocycles. The smallest absolute Gasteiger partial charge is 0.256 e. The summed E-state index contributed by atoms with van der Waals surface area (Å²) in [5.41, 5.74) is 0. The molecule has 4 atom stereocenters. The molecule has 65 heavy (non-hydrogen) atoms. The highest BCUT2D eigenvalue weighted by Gasteiger charge is 2.23. The topological polar surface area (TPSA) is 203 Å². The summed E-state index contributed by atoms with van der Waals surface area (Å²) in [6.45, 7) is 9.01. The molecule has 14 nitrogen and oxygen atoms in total. The Morgan fingerprint density at radius 2 is 0.862 bits per heavy atom. The van der Waals surface area contributed by atoms with Crippen LogP contribution in [-0.4, -0.2) is 121 Å². The molecule has 0 bridgehead atoms. The second-order valence-corrected chi connectivity index (χ2v) is 19.0. The summed E-state index contributed by atoms with van der Waals surface area (Å²) in [5.74, 6) is 3.96. The Hall–Kier alpha value is -0.790. The van der Waals surface area contributed by atoms with Gasteiger partial charge in [-0.05, 0) is 38.8 Å². The Balaban J connectivity index is 0.00000114. The maximum Gasteiger partial charge on any atom is 0.256 e. The van der Waals surface area contributed by atoms with Gasteiger partial charge >= 0.3 is 0 Å². The highest BCUT2D eigenvalue weighted by Crippen LogP contribution is 2.14. The third-order valence-electron chi connectivity index (χ3n) is 11.1. The number of hydrogen-bond donors (Lipinski definition) is 6. The lowest BCUT2D eigenvalue weighted by Crippen LogP contribution is -2.49. The van der Waals surface area contributed by atoms with Crippen molar-refractivity contribution in [1.82, 2.24) is 19.8 Å². The van der Waals surface area contributed by atoms with Crippen molar-refractivity contribution in [2.75, 3.05) is 49.8 Å². The average molecular weight is 1030 g/mol. The van der Waals surface area contributed by atoms with E-state index in [4.69, 9.17) is 74.1 Å². The summed E-state index contributed by atoms with van der Waals surface area (Å²) >= 11 is 24.0. The van der Waals surface area contributed by atoms with E-state index < -0.39 is 22.6 Å². The van der Waals surface area contributed by atoms with Crippen molar-refractivity contribution in [2.24, 2.45) is 0 Å². The molecule has 2 heterocycles. The van der Waals surface area contributed by atoms with Gasteiger partial charge < -0.3 is 40.2 Å². The number of imidazole rings is 2. The molecule has 2 aromatic heterocycles. The quantitative estimate of drug-likeness (QED) is 0.0137. The number of rotatable bonds is 40. The SMILES string of the molecule is CCCCCCCCCCCc1n(CC(O)CCl)cc[n+]1CC(CCl)NCCCO.CCCCCCCCCCCc1n(CC(O)CCl)cc[n+]1CC(CCl)NCCCO.O=S(=O)([O-])[O-]. The van der Waals surface area contributed by atoms with E-state index in [1.807, 2.05) is 12.4 Å². The largest absolute Gasteiger partial charge is 0.759 e. The standard InChI is InChI=1S/2C23H44Cl2N3O2.H2O4S/c2*1-2-3-4-5-6-7-8-9-10-12-23-27(14-15-28(23)20-22(30)18-25)19-21(17-24)26-13-11-16-29;1-5(2,3)4/h2*14-15,21-22,26,29-30H,2-13,16-20H2,1H3;(H2,1,2,3,4)/q2*+1;/p-2. The summed E-state index contributed by atoms with van der Waals surface area (Å²) in [4.78, 5) is 0. The number of nitrogens with zero attached hydrogens (tertiary/aromatic N) is 4. The van der Waals surface area contributed by atoms with Gasteiger partial charge in [-0.25, -0.2) is 18.3 Å². The highest BCUT2D eigenvalue weighted by atomic mass is 35.5. The summed E-state index contributed by atoms with van der Waals surface area (Å²) in [6, 6.07) is 0.303. The van der Waals surface area contributed by atoms with E-state index in [1.54, 1.807) is 0 Å². The van der Waals surface area contributed by atoms with Crippen LogP contribution in [0.2, 0.25) is 0 Å². The number of aromatic nitrogens is 4. The molecular formula is C46H88Cl4N6O8S. The van der Waals surface area contributed by atoms with Crippen LogP contribution in [0.4, 0.5) is 0 Å². The van der Waals surface area contributed by atoms with Crippen LogP contribution < -0.4 is 19.8 Å². The number of aliphatic hydroxyl groups is 4. The second-order valence-electron chi connectivity index (χ2n) is 17.0. The molecular weight excluding hydrogens is 938 g/mol. The fraction of sp³-hybridized carbons (Fsp3) is 0.870. The van der Waals surface area contributed by atoms with Crippen molar-refractivity contribution < 1.29 is 47.1 Å². The Morgan fingerprint density at radius 1 is 0.554 bits per heavy atom. The van der Waals surface area contributed by atoms with Crippen LogP contribution in [0.1, 0.15) is 154 Å². The number of nitrogens with one attached hydrogen (secondary N) is 2. The van der Waals surface area contributed by atoms with Gasteiger partial charge in [-0.2, -0.15) is 0 Å². The Morgan fingerprint density at radius 3 is 1.14 bits per heavy atom. The van der Waals surface area contributed by atoms with E-state index in [-0.39, 0.29) is 37.1 Å². The van der Waals surface area contributed by atoms with Gasteiger partial charge in [0.2, 0.25) is 0 Å². The first-order valence-corrected chi connectivity index (χ1v) is 27.9. The average Bonchev–Trinajstić information content (AvgIpc) is 3.84. The molecule has 0 aliphatic rings. The zero-order valence-corrected chi connectivity index (χ0v) is 43.6. The molecule has 0 spiro atoms. The fourth-order valence-electron chi connectivity index (χ4n) is 7.56. The van der Waals surface area contributed by atoms with E-state index in [9.17, 15) is 10.2 Å². The molecule has 6 N–H and O–H groups in total. The molecule has 0 saturated heterocycles. The summed E-state index contributed by atoms with van der Waals surface area (Å²) < 4.78 is 42.9. The molecule has 19 heteroatoms. The minimum atomic E-state index is -5.17. The van der Waals surface area contributed by atoms with Gasteiger partial charge in [0.25, 0.3) is 11.6 Å². The van der Waals surface area contributed by atoms with Crippen molar-refractivity contribution in [3.63, 3.8) is 0 Å². The van der Waals surface area contributed by atoms with Gasteiger partial charge in [0.15, 0.2) is 0 Å². The Kier molecular flexibility index (Phi) is 42.7. The van der Waals surface area contributed by atoms with E-state index in [1.165, 1.54) is 114 Å². The number of unbranched alkanes of at least 4 members (excludes halogenated alkanes) is 16. The normalized spacial score (nSPS) is 13.5. The minimum Gasteiger partial charge on any atom is -0.759 e. The molecule has 0 amide bonds. The maximum atomic E-state index is 10.0. The number of alkyl halides is 4. The Labute approximate surface area is 413 Å². The first-order chi connectivity index (χ1) is 31.3. The lowest BCUT2D eigenvalue weighted by molar-refractivity contribution is -0.706. The monoisotopic (exact) mass is 1020 g/mol. The van der Waals surface area contributed by atoms with Crippen molar-refractivity contribution in [3.05, 3.63) is 36.4 Å². The predicted molar refractivity (Wildman–Crippen MR) is 263 cm³/mol. The predicted octanol–water partition coefficient (Wildman–Crippen LogP) is 6.72. The Bertz CT molecular complexity index is 1380. The summed E-state index contributed by atoms with van der Waals surface area (Å²) in [6.07, 6.45) is 34.2. The molecule has 384 valence electrons. The molecule has 0 radical (unpaired) electrons. The molecule has 4 unspecified atom stereocenters. The molecule has 0 fully saturated rings. The van der Waals surface area contributed by atoms with Gasteiger partial charge in [0.1, 0.15) is 63.2 Å². The van der Waals surface area contributed by atoms with Crippen LogP contribution in [-0.2, 0) is 49.4 Å². The third-order valence-corrected chi connectivity index (χ3v) is 12.6. The van der Waals surface area contributed by atoms with Crippen LogP contribution >= 0.6 is 46.4 Å². The maximum absolute atomic E-state index is 10.0. The van der Waals surface area contributed by atoms with Crippen molar-refractivity contribution in [3.8, 4) is 0 Å². The van der Waals surface area contributed by atoms with Crippen LogP contribution in [0.5, 0.6) is 0 Å². The highest BCUT2D eigenvalue weighted by molar-refractivity contribution is 7.79. The summed E-state index contributed by atoms with van der Waals surface area (Å²) in [7, 11) is -5.17. The minimum absolute atomic E-state index is 0.152. The summed E-state index contributed by atoms with van der Waals surface area (Å²) in [5, 5.41) is 44.9. The zero-order valence-electron chi connectivity index (χ0n) is 39.8. The van der Waals surface area contributed by atoms with Crippen molar-refractivity contribution in [1.29, 1.82) is 0 Å². The lowest BCUT2D eigenvalue weighted by atomic mass is 10.1. The third kappa shape index (κ3) is 35.9. The molecule has 2 rings (SSSR count). The van der Waals surface area contributed by atoms with Crippen LogP contribution in [0, 0.1) is 0 Å². The lowest BCUT2D eigenvalue weighted by Gasteiger charge is -2.15. The van der Waals surface area contributed by atoms with Crippen molar-refractivity contribution >= 4 is 56.8 Å². The second kappa shape index (κ2) is 43.2. The molecule has 0 aliphatic heterocycles. The van der Waals surface area contributed by atoms with Crippen LogP contribution in [0.25, 0.3) is 0 Å². The van der Waals surface area contributed by atoms with E-state index in [0.29, 0.717) is 24.8 Å². The van der Waals surface area contributed by atoms with Gasteiger partial charge in [-0.3, -0.25) is 8.42 Å². The van der Waals surface area contributed by atoms with Gasteiger partial charge in [-0.1, -0.05) is 117 Å². The van der Waals surface area contributed by atoms with Gasteiger partial charge in [-0.15, -0.1) is 46.4 Å². The number of hydrogen-bond acceptors (Lipinski definition) is 10. The van der Waals surface area contributed by atoms with E-state index in [2.05, 4.69) is 55.1 Å². The number of halogens is 4. The first kappa shape index (κ1) is 64.2. The number of aliphatic hydroxyl groups excluding tert-OH is 4. The molecule has 2 aromatic rings. The van der Waals surface area contributed by atoms with E-state index >= 15 is 0 Å². The van der Waals surface area contributed by atoms with Gasteiger partial charge in [0, 0.05) is 48.2 Å². The zero-order chi connectivity index (χ0) is 48.6. The van der Waals surface area contributed by atoms with Crippen molar-refractivity contribution in [2.45, 2.75) is 206 Å². The van der Waals surface area contributed by atoms with E-state index in [0.717, 1.165) is 64.7 Å². The van der Waals surface area contributed by atoms with Gasteiger partial charge in [0.05, 0.1) is 23.8 Å². The van der Waals surface area contributed by atoms with Crippen LogP contribution in [0.3, 0.4) is 0 Å². The van der Waals surface area contributed by atoms with Crippen LogP contribution in [0.15, 0.2) is 24.8 Å². The first-order valence-electron chi connectivity index (χ1n) is 24.4. The fourth-order valence-corrected chi connectivity index (χ4v) is 8.16. The molecule has 0 aromatic carbocycles.